The van der Waals surface area contributed by atoms with Crippen LogP contribution in [0.1, 0.15) is 29.6 Å². The number of hydrogen-bond acceptors (Lipinski definition) is 2. The number of benzene rings is 1. The molecule has 1 heterocycles. The van der Waals surface area contributed by atoms with Crippen LogP contribution in [0.25, 0.3) is 0 Å². The minimum absolute atomic E-state index is 0.0356. The van der Waals surface area contributed by atoms with Gasteiger partial charge < -0.3 is 5.32 Å². The maximum atomic E-state index is 13.5. The fourth-order valence-electron chi connectivity index (χ4n) is 1.74. The zero-order valence-electron chi connectivity index (χ0n) is 10.3. The first-order valence-corrected chi connectivity index (χ1v) is 6.72. The monoisotopic (exact) mass is 267 g/mol. The van der Waals surface area contributed by atoms with E-state index in [-0.39, 0.29) is 11.7 Å². The molecule has 0 saturated heterocycles. The summed E-state index contributed by atoms with van der Waals surface area (Å²) in [5.74, 6) is -1.65. The van der Waals surface area contributed by atoms with Crippen LogP contribution in [-0.4, -0.2) is 0 Å². The third-order valence-electron chi connectivity index (χ3n) is 2.78. The number of rotatable bonds is 4. The number of halogens is 2. The van der Waals surface area contributed by atoms with Crippen molar-refractivity contribution in [2.75, 3.05) is 5.32 Å². The Morgan fingerprint density at radius 1 is 1.22 bits per heavy atom. The van der Waals surface area contributed by atoms with E-state index in [0.29, 0.717) is 0 Å². The van der Waals surface area contributed by atoms with Gasteiger partial charge in [0.1, 0.15) is 0 Å². The van der Waals surface area contributed by atoms with Gasteiger partial charge >= 0.3 is 0 Å². The molecule has 0 bridgehead atoms. The molecule has 18 heavy (non-hydrogen) atoms. The van der Waals surface area contributed by atoms with Gasteiger partial charge in [-0.25, -0.2) is 8.78 Å². The molecule has 4 heteroatoms. The molecule has 1 nitrogen and oxygen atoms in total. The molecule has 96 valence electrons. The van der Waals surface area contributed by atoms with Crippen LogP contribution in [0, 0.1) is 11.6 Å². The minimum atomic E-state index is -0.826. The third kappa shape index (κ3) is 2.70. The molecule has 1 atom stereocenters. The summed E-state index contributed by atoms with van der Waals surface area (Å²) < 4.78 is 26.6. The van der Waals surface area contributed by atoms with E-state index in [1.807, 2.05) is 13.0 Å². The third-order valence-corrected chi connectivity index (χ3v) is 4.19. The summed E-state index contributed by atoms with van der Waals surface area (Å²) in [6, 6.07) is 8.22. The zero-order valence-corrected chi connectivity index (χ0v) is 11.2. The number of aryl methyl sites for hydroxylation is 1. The van der Waals surface area contributed by atoms with Gasteiger partial charge in [-0.15, -0.1) is 11.3 Å². The molecule has 2 aromatic rings. The average Bonchev–Trinajstić information content (AvgIpc) is 2.83. The predicted molar refractivity (Wildman–Crippen MR) is 72.1 cm³/mol. The van der Waals surface area contributed by atoms with E-state index in [1.165, 1.54) is 10.9 Å². The lowest BCUT2D eigenvalue weighted by Gasteiger charge is -2.14. The maximum absolute atomic E-state index is 13.5. The van der Waals surface area contributed by atoms with E-state index >= 15 is 0 Å². The smallest absolute Gasteiger partial charge is 0.181 e. The quantitative estimate of drug-likeness (QED) is 0.842. The number of hydrogen-bond donors (Lipinski definition) is 1. The summed E-state index contributed by atoms with van der Waals surface area (Å²) in [5.41, 5.74) is 0.203. The standard InChI is InChI=1S/C14H15F2NS/c1-3-10-7-8-13(18-10)9(2)17-12-6-4-5-11(15)14(12)16/h4-9,17H,3H2,1-2H3. The van der Waals surface area contributed by atoms with Crippen LogP contribution in [0.2, 0.25) is 0 Å². The second-order valence-electron chi connectivity index (χ2n) is 4.13. The second kappa shape index (κ2) is 5.48. The van der Waals surface area contributed by atoms with E-state index in [0.717, 1.165) is 17.4 Å². The topological polar surface area (TPSA) is 12.0 Å². The Hall–Kier alpha value is -1.42. The van der Waals surface area contributed by atoms with Gasteiger partial charge in [0.25, 0.3) is 0 Å². The molecule has 2 rings (SSSR count). The Bertz CT molecular complexity index is 536. The molecule has 0 amide bonds. The van der Waals surface area contributed by atoms with E-state index in [2.05, 4.69) is 18.3 Å². The molecular weight excluding hydrogens is 252 g/mol. The van der Waals surface area contributed by atoms with Crippen LogP contribution in [-0.2, 0) is 6.42 Å². The first-order valence-electron chi connectivity index (χ1n) is 5.91. The van der Waals surface area contributed by atoms with Crippen molar-refractivity contribution < 1.29 is 8.78 Å². The molecule has 0 radical (unpaired) electrons. The van der Waals surface area contributed by atoms with Crippen LogP contribution >= 0.6 is 11.3 Å². The van der Waals surface area contributed by atoms with Crippen molar-refractivity contribution in [1.29, 1.82) is 0 Å². The summed E-state index contributed by atoms with van der Waals surface area (Å²) in [4.78, 5) is 2.41. The van der Waals surface area contributed by atoms with Gasteiger partial charge in [0.2, 0.25) is 0 Å². The first-order chi connectivity index (χ1) is 8.61. The van der Waals surface area contributed by atoms with Crippen LogP contribution in [0.15, 0.2) is 30.3 Å². The lowest BCUT2D eigenvalue weighted by atomic mass is 10.2. The molecule has 0 aliphatic rings. The van der Waals surface area contributed by atoms with Crippen molar-refractivity contribution in [1.82, 2.24) is 0 Å². The van der Waals surface area contributed by atoms with Crippen molar-refractivity contribution in [3.05, 3.63) is 51.7 Å². The fraction of sp³-hybridized carbons (Fsp3) is 0.286. The number of anilines is 1. The second-order valence-corrected chi connectivity index (χ2v) is 5.32. The van der Waals surface area contributed by atoms with Gasteiger partial charge in [0, 0.05) is 9.75 Å². The van der Waals surface area contributed by atoms with Crippen LogP contribution in [0.3, 0.4) is 0 Å². The van der Waals surface area contributed by atoms with Crippen LogP contribution in [0.4, 0.5) is 14.5 Å². The average molecular weight is 267 g/mol. The van der Waals surface area contributed by atoms with E-state index in [9.17, 15) is 8.78 Å². The Morgan fingerprint density at radius 3 is 2.67 bits per heavy atom. The van der Waals surface area contributed by atoms with Gasteiger partial charge in [-0.2, -0.15) is 0 Å². The lowest BCUT2D eigenvalue weighted by Crippen LogP contribution is -2.07. The molecule has 0 saturated carbocycles. The fourth-order valence-corrected chi connectivity index (χ4v) is 2.69. The molecule has 0 aliphatic carbocycles. The Balaban J connectivity index is 2.15. The minimum Gasteiger partial charge on any atom is -0.375 e. The lowest BCUT2D eigenvalue weighted by molar-refractivity contribution is 0.510. The molecule has 0 spiro atoms. The Kier molecular flexibility index (Phi) is 3.97. The van der Waals surface area contributed by atoms with Crippen molar-refractivity contribution in [2.24, 2.45) is 0 Å². The molecule has 0 fully saturated rings. The summed E-state index contributed by atoms with van der Waals surface area (Å²) in [5, 5.41) is 3.00. The number of nitrogens with one attached hydrogen (secondary N) is 1. The van der Waals surface area contributed by atoms with Gasteiger partial charge in [-0.05, 0) is 37.6 Å². The van der Waals surface area contributed by atoms with Crippen LogP contribution < -0.4 is 5.32 Å². The molecule has 1 aromatic heterocycles. The molecule has 1 aromatic carbocycles. The SMILES string of the molecule is CCc1ccc(C(C)Nc2cccc(F)c2F)s1. The van der Waals surface area contributed by atoms with Gasteiger partial charge in [-0.1, -0.05) is 13.0 Å². The predicted octanol–water partition coefficient (Wildman–Crippen LogP) is 4.76. The van der Waals surface area contributed by atoms with Crippen molar-refractivity contribution in [2.45, 2.75) is 26.3 Å². The summed E-state index contributed by atoms with van der Waals surface area (Å²) in [6.07, 6.45) is 0.992. The summed E-state index contributed by atoms with van der Waals surface area (Å²) >= 11 is 1.69. The van der Waals surface area contributed by atoms with E-state index in [1.54, 1.807) is 17.4 Å². The highest BCUT2D eigenvalue weighted by molar-refractivity contribution is 7.12. The highest BCUT2D eigenvalue weighted by atomic mass is 32.1. The van der Waals surface area contributed by atoms with Gasteiger partial charge in [0.05, 0.1) is 11.7 Å². The summed E-state index contributed by atoms with van der Waals surface area (Å²) in [6.45, 7) is 4.04. The van der Waals surface area contributed by atoms with Gasteiger partial charge in [-0.3, -0.25) is 0 Å². The highest BCUT2D eigenvalue weighted by Crippen LogP contribution is 2.28. The van der Waals surface area contributed by atoms with Crippen molar-refractivity contribution in [3.63, 3.8) is 0 Å². The van der Waals surface area contributed by atoms with Crippen molar-refractivity contribution >= 4 is 17.0 Å². The molecule has 0 aliphatic heterocycles. The Morgan fingerprint density at radius 2 is 2.00 bits per heavy atom. The first kappa shape index (κ1) is 13.0. The Labute approximate surface area is 109 Å². The number of thiophene rings is 1. The molecule has 1 N–H and O–H groups in total. The largest absolute Gasteiger partial charge is 0.375 e. The highest BCUT2D eigenvalue weighted by Gasteiger charge is 2.12. The molecular formula is C14H15F2NS. The zero-order chi connectivity index (χ0) is 13.1. The van der Waals surface area contributed by atoms with E-state index in [4.69, 9.17) is 0 Å². The molecule has 1 unspecified atom stereocenters. The normalized spacial score (nSPS) is 12.4. The van der Waals surface area contributed by atoms with E-state index < -0.39 is 11.6 Å². The van der Waals surface area contributed by atoms with Crippen LogP contribution in [0.5, 0.6) is 0 Å². The maximum Gasteiger partial charge on any atom is 0.181 e. The van der Waals surface area contributed by atoms with Gasteiger partial charge in [0.15, 0.2) is 11.6 Å². The van der Waals surface area contributed by atoms with Crippen molar-refractivity contribution in [3.8, 4) is 0 Å². The summed E-state index contributed by atoms with van der Waals surface area (Å²) in [7, 11) is 0.